The molecule has 0 aliphatic carbocycles. The zero-order valence-electron chi connectivity index (χ0n) is 18.0. The highest BCUT2D eigenvalue weighted by molar-refractivity contribution is 7.89. The van der Waals surface area contributed by atoms with E-state index >= 15 is 0 Å². The zero-order valence-corrected chi connectivity index (χ0v) is 20.3. The summed E-state index contributed by atoms with van der Waals surface area (Å²) in [6, 6.07) is 4.40. The minimum atomic E-state index is -3.76. The largest absolute Gasteiger partial charge is 0.323 e. The van der Waals surface area contributed by atoms with Gasteiger partial charge in [0.25, 0.3) is 0 Å². The van der Waals surface area contributed by atoms with E-state index in [1.165, 1.54) is 10.4 Å². The van der Waals surface area contributed by atoms with Gasteiger partial charge in [-0.15, -0.1) is 0 Å². The summed E-state index contributed by atoms with van der Waals surface area (Å²) in [5.74, 6) is 0.674. The summed E-state index contributed by atoms with van der Waals surface area (Å²) >= 11 is 12.2. The molecule has 2 aliphatic heterocycles. The molecule has 0 radical (unpaired) electrons. The second kappa shape index (κ2) is 8.94. The Labute approximate surface area is 189 Å². The number of halogens is 2. The number of sulfonamides is 1. The van der Waals surface area contributed by atoms with Gasteiger partial charge in [0, 0.05) is 19.6 Å². The fourth-order valence-electron chi connectivity index (χ4n) is 4.30. The minimum Gasteiger partial charge on any atom is -0.323 e. The molecule has 1 N–H and O–H groups in total. The van der Waals surface area contributed by atoms with Crippen molar-refractivity contribution in [1.29, 1.82) is 0 Å². The molecule has 2 heterocycles. The summed E-state index contributed by atoms with van der Waals surface area (Å²) in [5.41, 5.74) is -0.500. The van der Waals surface area contributed by atoms with Crippen LogP contribution in [0.25, 0.3) is 0 Å². The van der Waals surface area contributed by atoms with Crippen LogP contribution in [0.1, 0.15) is 47.0 Å². The second-order valence-electron chi connectivity index (χ2n) is 8.82. The number of amides is 1. The molecule has 168 valence electrons. The lowest BCUT2D eigenvalue weighted by Gasteiger charge is -2.45. The predicted octanol–water partition coefficient (Wildman–Crippen LogP) is 3.98. The Morgan fingerprint density at radius 1 is 1.20 bits per heavy atom. The van der Waals surface area contributed by atoms with Gasteiger partial charge < -0.3 is 4.90 Å². The maximum atomic E-state index is 13.2. The van der Waals surface area contributed by atoms with E-state index < -0.39 is 15.7 Å². The number of hydrogen-bond donors (Lipinski definition) is 1. The third kappa shape index (κ3) is 4.24. The van der Waals surface area contributed by atoms with Gasteiger partial charge in [0.1, 0.15) is 4.90 Å². The first-order chi connectivity index (χ1) is 14.0. The van der Waals surface area contributed by atoms with Crippen LogP contribution >= 0.6 is 23.2 Å². The third-order valence-electron chi connectivity index (χ3n) is 6.41. The van der Waals surface area contributed by atoms with E-state index in [2.05, 4.69) is 19.2 Å². The normalized spacial score (nSPS) is 23.5. The van der Waals surface area contributed by atoms with Gasteiger partial charge in [-0.2, -0.15) is 4.31 Å². The average Bonchev–Trinajstić information content (AvgIpc) is 2.96. The Balaban J connectivity index is 1.84. The fourth-order valence-corrected chi connectivity index (χ4v) is 6.48. The van der Waals surface area contributed by atoms with E-state index in [0.29, 0.717) is 38.4 Å². The molecule has 2 unspecified atom stereocenters. The van der Waals surface area contributed by atoms with E-state index in [1.54, 1.807) is 12.1 Å². The molecule has 0 bridgehead atoms. The summed E-state index contributed by atoms with van der Waals surface area (Å²) in [6.07, 6.45) is 2.06. The van der Waals surface area contributed by atoms with Gasteiger partial charge in [0.05, 0.1) is 21.7 Å². The van der Waals surface area contributed by atoms with E-state index in [1.807, 2.05) is 18.7 Å². The van der Waals surface area contributed by atoms with Crippen LogP contribution in [0.3, 0.4) is 0 Å². The number of piperidine rings is 1. The van der Waals surface area contributed by atoms with Crippen molar-refractivity contribution in [3.05, 3.63) is 28.2 Å². The van der Waals surface area contributed by atoms with Gasteiger partial charge in [-0.25, -0.2) is 8.42 Å². The maximum Gasteiger partial charge on any atom is 0.244 e. The van der Waals surface area contributed by atoms with Crippen molar-refractivity contribution in [2.75, 3.05) is 19.6 Å². The monoisotopic (exact) mass is 475 g/mol. The van der Waals surface area contributed by atoms with Crippen LogP contribution in [-0.4, -0.2) is 54.9 Å². The molecular weight excluding hydrogens is 445 g/mol. The quantitative estimate of drug-likeness (QED) is 0.675. The number of nitrogens with one attached hydrogen (secondary N) is 1. The summed E-state index contributed by atoms with van der Waals surface area (Å²) in [5, 5.41) is 3.84. The zero-order chi connectivity index (χ0) is 22.3. The molecule has 1 amide bonds. The number of nitrogens with zero attached hydrogens (tertiary/aromatic N) is 2. The smallest absolute Gasteiger partial charge is 0.244 e. The average molecular weight is 476 g/mol. The molecule has 9 heteroatoms. The summed E-state index contributed by atoms with van der Waals surface area (Å²) in [4.78, 5) is 15.2. The molecule has 1 aromatic rings. The Kier molecular flexibility index (Phi) is 7.09. The van der Waals surface area contributed by atoms with Crippen LogP contribution in [-0.2, 0) is 14.8 Å². The highest BCUT2D eigenvalue weighted by Crippen LogP contribution is 2.38. The van der Waals surface area contributed by atoms with Gasteiger partial charge >= 0.3 is 0 Å². The number of carbonyl (C=O) groups excluding carboxylic acids is 1. The molecule has 2 atom stereocenters. The first-order valence-electron chi connectivity index (χ1n) is 10.6. The lowest BCUT2D eigenvalue weighted by atomic mass is 9.95. The first kappa shape index (κ1) is 23.8. The minimum absolute atomic E-state index is 0.0274. The highest BCUT2D eigenvalue weighted by Gasteiger charge is 2.53. The SMILES string of the molecule is CCC(C)CN1C(=O)C(C(C)C)NC12CCN(S(=O)(=O)c1cccc(Cl)c1Cl)CC2. The summed E-state index contributed by atoms with van der Waals surface area (Å²) in [7, 11) is -3.76. The Morgan fingerprint density at radius 2 is 1.83 bits per heavy atom. The van der Waals surface area contributed by atoms with Gasteiger partial charge in [-0.1, -0.05) is 63.4 Å². The molecule has 0 saturated carbocycles. The molecule has 2 saturated heterocycles. The van der Waals surface area contributed by atoms with Crippen molar-refractivity contribution < 1.29 is 13.2 Å². The lowest BCUT2D eigenvalue weighted by molar-refractivity contribution is -0.134. The van der Waals surface area contributed by atoms with Gasteiger partial charge in [-0.3, -0.25) is 10.1 Å². The first-order valence-corrected chi connectivity index (χ1v) is 12.8. The van der Waals surface area contributed by atoms with Crippen molar-refractivity contribution >= 4 is 39.1 Å². The Bertz CT molecular complexity index is 899. The standard InChI is InChI=1S/C21H31Cl2N3O3S/c1-5-15(4)13-26-20(27)19(14(2)3)24-21(26)9-11-25(12-10-21)30(28,29)17-8-6-7-16(22)18(17)23/h6-8,14-15,19,24H,5,9-13H2,1-4H3. The molecule has 30 heavy (non-hydrogen) atoms. The third-order valence-corrected chi connectivity index (χ3v) is 9.29. The molecule has 0 aromatic heterocycles. The molecule has 1 spiro atoms. The van der Waals surface area contributed by atoms with Crippen molar-refractivity contribution in [1.82, 2.24) is 14.5 Å². The number of hydrogen-bond acceptors (Lipinski definition) is 4. The van der Waals surface area contributed by atoms with Crippen molar-refractivity contribution in [2.45, 2.75) is 63.6 Å². The molecule has 3 rings (SSSR count). The van der Waals surface area contributed by atoms with Crippen LogP contribution in [0.4, 0.5) is 0 Å². The topological polar surface area (TPSA) is 69.7 Å². The Morgan fingerprint density at radius 3 is 2.40 bits per heavy atom. The number of rotatable bonds is 6. The summed E-state index contributed by atoms with van der Waals surface area (Å²) < 4.78 is 27.8. The van der Waals surface area contributed by atoms with Crippen LogP contribution in [0.15, 0.2) is 23.1 Å². The van der Waals surface area contributed by atoms with E-state index in [9.17, 15) is 13.2 Å². The van der Waals surface area contributed by atoms with E-state index in [-0.39, 0.29) is 32.8 Å². The van der Waals surface area contributed by atoms with Gasteiger partial charge in [-0.05, 0) is 36.8 Å². The van der Waals surface area contributed by atoms with Crippen molar-refractivity contribution in [3.8, 4) is 0 Å². The van der Waals surface area contributed by atoms with Crippen LogP contribution in [0.5, 0.6) is 0 Å². The van der Waals surface area contributed by atoms with Gasteiger partial charge in [0.2, 0.25) is 15.9 Å². The molecule has 2 aliphatic rings. The second-order valence-corrected chi connectivity index (χ2v) is 11.5. The van der Waals surface area contributed by atoms with Gasteiger partial charge in [0.15, 0.2) is 0 Å². The Hall–Kier alpha value is -0.860. The highest BCUT2D eigenvalue weighted by atomic mass is 35.5. The van der Waals surface area contributed by atoms with E-state index in [0.717, 1.165) is 6.42 Å². The fraction of sp³-hybridized carbons (Fsp3) is 0.667. The number of benzene rings is 1. The van der Waals surface area contributed by atoms with Crippen LogP contribution < -0.4 is 5.32 Å². The van der Waals surface area contributed by atoms with Crippen molar-refractivity contribution in [2.24, 2.45) is 11.8 Å². The molecular formula is C21H31Cl2N3O3S. The number of carbonyl (C=O) groups is 1. The molecule has 2 fully saturated rings. The maximum absolute atomic E-state index is 13.2. The predicted molar refractivity (Wildman–Crippen MR) is 120 cm³/mol. The summed E-state index contributed by atoms with van der Waals surface area (Å²) in [6.45, 7) is 9.64. The molecule has 1 aromatic carbocycles. The van der Waals surface area contributed by atoms with Crippen LogP contribution in [0.2, 0.25) is 10.0 Å². The van der Waals surface area contributed by atoms with Crippen LogP contribution in [0, 0.1) is 11.8 Å². The van der Waals surface area contributed by atoms with Crippen molar-refractivity contribution in [3.63, 3.8) is 0 Å². The van der Waals surface area contributed by atoms with E-state index in [4.69, 9.17) is 23.2 Å². The lowest BCUT2D eigenvalue weighted by Crippen LogP contribution is -2.60. The molecule has 6 nitrogen and oxygen atoms in total.